The molecule has 0 fully saturated rings. The van der Waals surface area contributed by atoms with Gasteiger partial charge in [-0.3, -0.25) is 4.79 Å². The number of pyridine rings is 1. The van der Waals surface area contributed by atoms with E-state index in [4.69, 9.17) is 4.74 Å². The molecule has 0 radical (unpaired) electrons. The maximum Gasteiger partial charge on any atom is 0.256 e. The molecule has 1 amide bonds. The number of halogens is 1. The van der Waals surface area contributed by atoms with Crippen molar-refractivity contribution in [1.29, 1.82) is 0 Å². The Labute approximate surface area is 140 Å². The maximum absolute atomic E-state index is 12.2. The Kier molecular flexibility index (Phi) is 4.58. The molecule has 6 nitrogen and oxygen atoms in total. The molecule has 114 valence electrons. The van der Waals surface area contributed by atoms with E-state index in [1.165, 1.54) is 6.33 Å². The fraction of sp³-hybridized carbons (Fsp3) is 0. The summed E-state index contributed by atoms with van der Waals surface area (Å²) in [6.45, 7) is 0. The molecule has 0 spiro atoms. The summed E-state index contributed by atoms with van der Waals surface area (Å²) in [6, 6.07) is 10.4. The first-order valence-electron chi connectivity index (χ1n) is 6.66. The van der Waals surface area contributed by atoms with Crippen LogP contribution in [0.15, 0.2) is 65.8 Å². The van der Waals surface area contributed by atoms with Crippen LogP contribution < -0.4 is 10.1 Å². The molecule has 0 aliphatic heterocycles. The van der Waals surface area contributed by atoms with Crippen molar-refractivity contribution in [3.8, 4) is 11.5 Å². The predicted molar refractivity (Wildman–Crippen MR) is 88.4 cm³/mol. The second-order valence-electron chi connectivity index (χ2n) is 4.52. The van der Waals surface area contributed by atoms with E-state index in [9.17, 15) is 4.79 Å². The Hall–Kier alpha value is -2.80. The lowest BCUT2D eigenvalue weighted by atomic mass is 10.2. The first kappa shape index (κ1) is 15.1. The molecular formula is C16H11BrN4O2. The number of hydrogen-bond donors (Lipinski definition) is 1. The van der Waals surface area contributed by atoms with Gasteiger partial charge < -0.3 is 10.1 Å². The molecule has 0 unspecified atom stereocenters. The monoisotopic (exact) mass is 370 g/mol. The van der Waals surface area contributed by atoms with Crippen LogP contribution in [0.1, 0.15) is 10.4 Å². The second kappa shape index (κ2) is 6.97. The largest absolute Gasteiger partial charge is 0.454 e. The molecule has 2 heterocycles. The summed E-state index contributed by atoms with van der Waals surface area (Å²) >= 11 is 3.34. The van der Waals surface area contributed by atoms with Gasteiger partial charge in [-0.15, -0.1) is 0 Å². The third-order valence-corrected chi connectivity index (χ3v) is 3.33. The average molecular weight is 371 g/mol. The van der Waals surface area contributed by atoms with Crippen molar-refractivity contribution in [3.63, 3.8) is 0 Å². The zero-order chi connectivity index (χ0) is 16.1. The van der Waals surface area contributed by atoms with Crippen molar-refractivity contribution < 1.29 is 9.53 Å². The number of carbonyl (C=O) groups excluding carboxylic acids is 1. The number of nitrogens with zero attached hydrogens (tertiary/aromatic N) is 3. The Balaban J connectivity index is 1.74. The van der Waals surface area contributed by atoms with Gasteiger partial charge in [0.1, 0.15) is 17.9 Å². The minimum Gasteiger partial charge on any atom is -0.454 e. The van der Waals surface area contributed by atoms with Crippen LogP contribution in [-0.4, -0.2) is 20.9 Å². The highest BCUT2D eigenvalue weighted by Gasteiger charge is 2.08. The molecule has 23 heavy (non-hydrogen) atoms. The zero-order valence-electron chi connectivity index (χ0n) is 11.8. The van der Waals surface area contributed by atoms with Gasteiger partial charge in [0, 0.05) is 22.3 Å². The number of nitrogens with one attached hydrogen (secondary N) is 1. The van der Waals surface area contributed by atoms with E-state index in [0.29, 0.717) is 22.9 Å². The minimum absolute atomic E-state index is 0.251. The van der Waals surface area contributed by atoms with E-state index < -0.39 is 0 Å². The van der Waals surface area contributed by atoms with E-state index in [0.717, 1.165) is 4.47 Å². The second-order valence-corrected chi connectivity index (χ2v) is 5.43. The summed E-state index contributed by atoms with van der Waals surface area (Å²) in [7, 11) is 0. The third-order valence-electron chi connectivity index (χ3n) is 2.83. The summed E-state index contributed by atoms with van der Waals surface area (Å²) in [4.78, 5) is 24.1. The van der Waals surface area contributed by atoms with Crippen LogP contribution >= 0.6 is 15.9 Å². The molecular weight excluding hydrogens is 360 g/mol. The number of rotatable bonds is 4. The highest BCUT2D eigenvalue weighted by atomic mass is 79.9. The summed E-state index contributed by atoms with van der Waals surface area (Å²) in [5, 5.41) is 2.73. The van der Waals surface area contributed by atoms with Gasteiger partial charge in [0.05, 0.1) is 12.4 Å². The molecule has 3 aromatic rings. The molecule has 0 bridgehead atoms. The third kappa shape index (κ3) is 4.10. The van der Waals surface area contributed by atoms with Crippen molar-refractivity contribution in [3.05, 3.63) is 71.4 Å². The Morgan fingerprint density at radius 3 is 2.70 bits per heavy atom. The van der Waals surface area contributed by atoms with Gasteiger partial charge >= 0.3 is 0 Å². The van der Waals surface area contributed by atoms with Crippen LogP contribution in [0.2, 0.25) is 0 Å². The van der Waals surface area contributed by atoms with Gasteiger partial charge in [0.15, 0.2) is 5.75 Å². The molecule has 0 aliphatic carbocycles. The SMILES string of the molecule is O=C(Nc1cc(Oc2cncnc2)ccn1)c1cccc(Br)c1. The lowest BCUT2D eigenvalue weighted by Gasteiger charge is -2.08. The Morgan fingerprint density at radius 1 is 1.09 bits per heavy atom. The van der Waals surface area contributed by atoms with Crippen molar-refractivity contribution in [2.75, 3.05) is 5.32 Å². The molecule has 0 aliphatic rings. The van der Waals surface area contributed by atoms with Gasteiger partial charge in [0.25, 0.3) is 5.91 Å². The standard InChI is InChI=1S/C16H11BrN4O2/c17-12-3-1-2-11(6-12)16(22)21-15-7-13(4-5-20-15)23-14-8-18-10-19-9-14/h1-10H,(H,20,21,22). The predicted octanol–water partition coefficient (Wildman–Crippen LogP) is 3.68. The molecule has 1 N–H and O–H groups in total. The Bertz CT molecular complexity index is 827. The molecule has 2 aromatic heterocycles. The summed E-state index contributed by atoms with van der Waals surface area (Å²) in [5.41, 5.74) is 0.531. The van der Waals surface area contributed by atoms with Gasteiger partial charge in [-0.1, -0.05) is 22.0 Å². The first-order chi connectivity index (χ1) is 11.2. The van der Waals surface area contributed by atoms with Crippen molar-refractivity contribution >= 4 is 27.7 Å². The van der Waals surface area contributed by atoms with E-state index >= 15 is 0 Å². The fourth-order valence-corrected chi connectivity index (χ4v) is 2.23. The number of anilines is 1. The first-order valence-corrected chi connectivity index (χ1v) is 7.46. The number of benzene rings is 1. The molecule has 0 saturated carbocycles. The smallest absolute Gasteiger partial charge is 0.256 e. The summed E-state index contributed by atoms with van der Waals surface area (Å²) in [5.74, 6) is 1.17. The summed E-state index contributed by atoms with van der Waals surface area (Å²) < 4.78 is 6.43. The minimum atomic E-state index is -0.251. The van der Waals surface area contributed by atoms with Gasteiger partial charge in [-0.05, 0) is 24.3 Å². The number of ether oxygens (including phenoxy) is 1. The van der Waals surface area contributed by atoms with Crippen LogP contribution in [0.3, 0.4) is 0 Å². The molecule has 3 rings (SSSR count). The van der Waals surface area contributed by atoms with E-state index in [-0.39, 0.29) is 5.91 Å². The molecule has 0 saturated heterocycles. The van der Waals surface area contributed by atoms with Crippen molar-refractivity contribution in [1.82, 2.24) is 15.0 Å². The number of amides is 1. The average Bonchev–Trinajstić information content (AvgIpc) is 2.56. The molecule has 7 heteroatoms. The van der Waals surface area contributed by atoms with E-state index in [2.05, 4.69) is 36.2 Å². The summed E-state index contributed by atoms with van der Waals surface area (Å²) in [6.07, 6.45) is 6.07. The zero-order valence-corrected chi connectivity index (χ0v) is 13.4. The van der Waals surface area contributed by atoms with E-state index in [1.54, 1.807) is 48.9 Å². The lowest BCUT2D eigenvalue weighted by Crippen LogP contribution is -2.12. The van der Waals surface area contributed by atoms with Crippen LogP contribution in [0, 0.1) is 0 Å². The maximum atomic E-state index is 12.2. The van der Waals surface area contributed by atoms with E-state index in [1.807, 2.05) is 6.07 Å². The van der Waals surface area contributed by atoms with Gasteiger partial charge in [0.2, 0.25) is 0 Å². The normalized spacial score (nSPS) is 10.1. The van der Waals surface area contributed by atoms with Crippen LogP contribution in [0.5, 0.6) is 11.5 Å². The van der Waals surface area contributed by atoms with Crippen LogP contribution in [0.4, 0.5) is 5.82 Å². The van der Waals surface area contributed by atoms with Gasteiger partial charge in [-0.25, -0.2) is 15.0 Å². The topological polar surface area (TPSA) is 77.0 Å². The molecule has 0 atom stereocenters. The number of hydrogen-bond acceptors (Lipinski definition) is 5. The highest BCUT2D eigenvalue weighted by Crippen LogP contribution is 2.21. The van der Waals surface area contributed by atoms with Crippen molar-refractivity contribution in [2.45, 2.75) is 0 Å². The molecule has 1 aromatic carbocycles. The fourth-order valence-electron chi connectivity index (χ4n) is 1.84. The van der Waals surface area contributed by atoms with Crippen LogP contribution in [-0.2, 0) is 0 Å². The highest BCUT2D eigenvalue weighted by molar-refractivity contribution is 9.10. The van der Waals surface area contributed by atoms with Crippen LogP contribution in [0.25, 0.3) is 0 Å². The van der Waals surface area contributed by atoms with Crippen molar-refractivity contribution in [2.24, 2.45) is 0 Å². The number of aromatic nitrogens is 3. The number of carbonyl (C=O) groups is 1. The van der Waals surface area contributed by atoms with Gasteiger partial charge in [-0.2, -0.15) is 0 Å². The lowest BCUT2D eigenvalue weighted by molar-refractivity contribution is 0.102. The quantitative estimate of drug-likeness (QED) is 0.757. The Morgan fingerprint density at radius 2 is 1.91 bits per heavy atom.